The van der Waals surface area contributed by atoms with Crippen molar-refractivity contribution in [3.05, 3.63) is 35.4 Å². The molecule has 0 N–H and O–H groups in total. The van der Waals surface area contributed by atoms with Crippen LogP contribution >= 0.6 is 0 Å². The molecule has 0 radical (unpaired) electrons. The van der Waals surface area contributed by atoms with E-state index in [4.69, 9.17) is 0 Å². The third-order valence-electron chi connectivity index (χ3n) is 2.93. The molecule has 0 unspecified atom stereocenters. The van der Waals surface area contributed by atoms with Gasteiger partial charge in [-0.2, -0.15) is 0 Å². The SMILES string of the molecule is CCCOC(=O)COC.CCOC(=O)CCC(C)=O.Cc1ccc(C)cc1. The molecule has 0 atom stereocenters. The highest BCUT2D eigenvalue weighted by atomic mass is 16.6. The molecule has 0 fully saturated rings. The smallest absolute Gasteiger partial charge is 0.332 e. The predicted molar refractivity (Wildman–Crippen MR) is 106 cm³/mol. The topological polar surface area (TPSA) is 78.9 Å². The van der Waals surface area contributed by atoms with Gasteiger partial charge in [0.05, 0.1) is 19.6 Å². The summed E-state index contributed by atoms with van der Waals surface area (Å²) < 4.78 is 13.8. The Hall–Kier alpha value is -2.21. The van der Waals surface area contributed by atoms with Crippen molar-refractivity contribution in [3.8, 4) is 0 Å². The summed E-state index contributed by atoms with van der Waals surface area (Å²) in [5, 5.41) is 0. The number of benzene rings is 1. The van der Waals surface area contributed by atoms with E-state index in [1.54, 1.807) is 6.92 Å². The number of methoxy groups -OCH3 is 1. The molecular weight excluding hydrogens is 348 g/mol. The Kier molecular flexibility index (Phi) is 18.6. The zero-order valence-electron chi connectivity index (χ0n) is 17.5. The summed E-state index contributed by atoms with van der Waals surface area (Å²) in [6.07, 6.45) is 1.36. The van der Waals surface area contributed by atoms with Crippen LogP contribution < -0.4 is 0 Å². The van der Waals surface area contributed by atoms with Crippen molar-refractivity contribution in [2.24, 2.45) is 0 Å². The van der Waals surface area contributed by atoms with Gasteiger partial charge in [0, 0.05) is 13.5 Å². The number of carbonyl (C=O) groups excluding carboxylic acids is 3. The summed E-state index contributed by atoms with van der Waals surface area (Å²) in [6, 6.07) is 8.48. The number of rotatable bonds is 8. The van der Waals surface area contributed by atoms with Crippen molar-refractivity contribution < 1.29 is 28.6 Å². The molecule has 0 spiro atoms. The van der Waals surface area contributed by atoms with Gasteiger partial charge >= 0.3 is 11.9 Å². The standard InChI is InChI=1S/C8H10.C7H12O3.C6H12O3/c1-7-3-5-8(2)6-4-7;1-3-10-7(9)5-4-6(2)8;1-3-4-9-6(7)5-8-2/h3-6H,1-2H3;3-5H2,1-2H3;3-5H2,1-2H3. The molecule has 0 amide bonds. The van der Waals surface area contributed by atoms with E-state index in [-0.39, 0.29) is 30.7 Å². The largest absolute Gasteiger partial charge is 0.466 e. The van der Waals surface area contributed by atoms with Crippen LogP contribution in [0.1, 0.15) is 51.2 Å². The predicted octanol–water partition coefficient (Wildman–Crippen LogP) is 3.81. The highest BCUT2D eigenvalue weighted by molar-refractivity contribution is 5.80. The highest BCUT2D eigenvalue weighted by Crippen LogP contribution is 1.99. The zero-order valence-corrected chi connectivity index (χ0v) is 17.5. The molecule has 154 valence electrons. The van der Waals surface area contributed by atoms with Crippen molar-refractivity contribution in [1.82, 2.24) is 0 Å². The van der Waals surface area contributed by atoms with E-state index in [9.17, 15) is 14.4 Å². The van der Waals surface area contributed by atoms with Gasteiger partial charge < -0.3 is 19.0 Å². The number of ether oxygens (including phenoxy) is 3. The van der Waals surface area contributed by atoms with E-state index >= 15 is 0 Å². The van der Waals surface area contributed by atoms with E-state index in [0.717, 1.165) is 6.42 Å². The Bertz CT molecular complexity index is 501. The van der Waals surface area contributed by atoms with Crippen molar-refractivity contribution in [2.75, 3.05) is 26.9 Å². The van der Waals surface area contributed by atoms with Gasteiger partial charge in [0.1, 0.15) is 12.4 Å². The fourth-order valence-corrected chi connectivity index (χ4v) is 1.52. The molecular formula is C21H34O6. The van der Waals surface area contributed by atoms with Gasteiger partial charge in [0.15, 0.2) is 0 Å². The third kappa shape index (κ3) is 21.7. The van der Waals surface area contributed by atoms with Crippen LogP contribution in [0.3, 0.4) is 0 Å². The van der Waals surface area contributed by atoms with E-state index in [1.165, 1.54) is 25.2 Å². The van der Waals surface area contributed by atoms with Crippen molar-refractivity contribution in [1.29, 1.82) is 0 Å². The molecule has 6 nitrogen and oxygen atoms in total. The first-order valence-electron chi connectivity index (χ1n) is 9.09. The van der Waals surface area contributed by atoms with Gasteiger partial charge in [0.25, 0.3) is 0 Å². The average Bonchev–Trinajstić information content (AvgIpc) is 2.62. The number of hydrogen-bond donors (Lipinski definition) is 0. The number of aryl methyl sites for hydroxylation is 2. The van der Waals surface area contributed by atoms with E-state index < -0.39 is 0 Å². The monoisotopic (exact) mass is 382 g/mol. The molecule has 6 heteroatoms. The van der Waals surface area contributed by atoms with E-state index in [1.807, 2.05) is 6.92 Å². The Morgan fingerprint density at radius 2 is 1.37 bits per heavy atom. The average molecular weight is 382 g/mol. The minimum Gasteiger partial charge on any atom is -0.466 e. The van der Waals surface area contributed by atoms with Gasteiger partial charge in [0.2, 0.25) is 0 Å². The maximum atomic E-state index is 10.6. The maximum absolute atomic E-state index is 10.6. The number of Topliss-reactive ketones (excluding diaryl/α,β-unsaturated/α-hetero) is 1. The Labute approximate surface area is 163 Å². The third-order valence-corrected chi connectivity index (χ3v) is 2.93. The number of carbonyl (C=O) groups is 3. The van der Waals surface area contributed by atoms with Crippen molar-refractivity contribution in [2.45, 2.75) is 53.9 Å². The fraction of sp³-hybridized carbons (Fsp3) is 0.571. The Morgan fingerprint density at radius 1 is 0.852 bits per heavy atom. The van der Waals surface area contributed by atoms with Gasteiger partial charge in [-0.15, -0.1) is 0 Å². The molecule has 1 aromatic rings. The van der Waals surface area contributed by atoms with E-state index in [0.29, 0.717) is 19.6 Å². The number of esters is 2. The van der Waals surface area contributed by atoms with Gasteiger partial charge in [-0.25, -0.2) is 4.79 Å². The lowest BCUT2D eigenvalue weighted by atomic mass is 10.2. The van der Waals surface area contributed by atoms with Crippen molar-refractivity contribution in [3.63, 3.8) is 0 Å². The first-order chi connectivity index (χ1) is 12.8. The van der Waals surface area contributed by atoms with Crippen LogP contribution in [0.2, 0.25) is 0 Å². The lowest BCUT2D eigenvalue weighted by molar-refractivity contribution is -0.148. The first-order valence-corrected chi connectivity index (χ1v) is 9.09. The number of ketones is 1. The molecule has 27 heavy (non-hydrogen) atoms. The molecule has 0 aliphatic rings. The second-order valence-electron chi connectivity index (χ2n) is 5.82. The molecule has 0 aliphatic heterocycles. The normalized spacial score (nSPS) is 9.11. The second-order valence-corrected chi connectivity index (χ2v) is 5.82. The summed E-state index contributed by atoms with van der Waals surface area (Å²) in [7, 11) is 1.47. The first kappa shape index (κ1) is 27.0. The quantitative estimate of drug-likeness (QED) is 0.636. The number of hydrogen-bond acceptors (Lipinski definition) is 6. The lowest BCUT2D eigenvalue weighted by Crippen LogP contribution is -2.11. The van der Waals surface area contributed by atoms with Gasteiger partial charge in [-0.3, -0.25) is 4.79 Å². The molecule has 0 aromatic heterocycles. The Morgan fingerprint density at radius 3 is 1.74 bits per heavy atom. The summed E-state index contributed by atoms with van der Waals surface area (Å²) in [4.78, 5) is 31.4. The second kappa shape index (κ2) is 18.6. The van der Waals surface area contributed by atoms with Gasteiger partial charge in [-0.05, 0) is 34.1 Å². The van der Waals surface area contributed by atoms with Crippen LogP contribution in [-0.4, -0.2) is 44.7 Å². The zero-order chi connectivity index (χ0) is 21.1. The van der Waals surface area contributed by atoms with Crippen LogP contribution in [0.15, 0.2) is 24.3 Å². The molecule has 1 aromatic carbocycles. The van der Waals surface area contributed by atoms with Crippen LogP contribution in [0.4, 0.5) is 0 Å². The maximum Gasteiger partial charge on any atom is 0.332 e. The van der Waals surface area contributed by atoms with Crippen LogP contribution in [-0.2, 0) is 28.6 Å². The molecule has 1 rings (SSSR count). The van der Waals surface area contributed by atoms with Crippen LogP contribution in [0.25, 0.3) is 0 Å². The fourth-order valence-electron chi connectivity index (χ4n) is 1.52. The van der Waals surface area contributed by atoms with Crippen molar-refractivity contribution >= 4 is 17.7 Å². The van der Waals surface area contributed by atoms with Crippen LogP contribution in [0.5, 0.6) is 0 Å². The highest BCUT2D eigenvalue weighted by Gasteiger charge is 2.02. The summed E-state index contributed by atoms with van der Waals surface area (Å²) in [6.45, 7) is 10.3. The molecule has 0 bridgehead atoms. The van der Waals surface area contributed by atoms with Crippen LogP contribution in [0, 0.1) is 13.8 Å². The van der Waals surface area contributed by atoms with Gasteiger partial charge in [-0.1, -0.05) is 42.3 Å². The summed E-state index contributed by atoms with van der Waals surface area (Å²) in [5.74, 6) is -0.565. The molecule has 0 saturated heterocycles. The molecule has 0 heterocycles. The molecule has 0 saturated carbocycles. The lowest BCUT2D eigenvalue weighted by Gasteiger charge is -1.99. The minimum absolute atomic E-state index is 0.0213. The summed E-state index contributed by atoms with van der Waals surface area (Å²) in [5.41, 5.74) is 2.66. The van der Waals surface area contributed by atoms with E-state index in [2.05, 4.69) is 52.3 Å². The summed E-state index contributed by atoms with van der Waals surface area (Å²) >= 11 is 0. The minimum atomic E-state index is -0.294. The Balaban J connectivity index is 0. The molecule has 0 aliphatic carbocycles.